The predicted octanol–water partition coefficient (Wildman–Crippen LogP) is 1.74. The summed E-state index contributed by atoms with van der Waals surface area (Å²) in [6.45, 7) is 0. The summed E-state index contributed by atoms with van der Waals surface area (Å²) in [7, 11) is 1.50. The Bertz CT molecular complexity index is 390. The van der Waals surface area contributed by atoms with E-state index in [1.165, 1.54) is 7.11 Å². The van der Waals surface area contributed by atoms with Crippen molar-refractivity contribution in [3.8, 4) is 5.75 Å². The molecule has 16 heavy (non-hydrogen) atoms. The van der Waals surface area contributed by atoms with Crippen LogP contribution in [-0.2, 0) is 9.59 Å². The Balaban J connectivity index is 2.66. The van der Waals surface area contributed by atoms with Gasteiger partial charge in [-0.05, 0) is 36.0 Å². The minimum absolute atomic E-state index is 0.467. The SMILES string of the molecule is COc1ccc(SC(=O)C(F)C(=O)O)cc1. The Kier molecular flexibility index (Phi) is 4.30. The molecule has 0 aliphatic heterocycles. The lowest BCUT2D eigenvalue weighted by Crippen LogP contribution is -2.22. The lowest BCUT2D eigenvalue weighted by Gasteiger charge is -2.03. The van der Waals surface area contributed by atoms with E-state index in [1.54, 1.807) is 24.3 Å². The summed E-state index contributed by atoms with van der Waals surface area (Å²) in [6, 6.07) is 6.30. The van der Waals surface area contributed by atoms with E-state index in [2.05, 4.69) is 0 Å². The number of carbonyl (C=O) groups excluding carboxylic acids is 1. The second-order valence-corrected chi connectivity index (χ2v) is 3.88. The smallest absolute Gasteiger partial charge is 0.347 e. The fraction of sp³-hybridized carbons (Fsp3) is 0.200. The molecule has 0 spiro atoms. The molecule has 1 aromatic rings. The van der Waals surface area contributed by atoms with E-state index in [0.717, 1.165) is 0 Å². The van der Waals surface area contributed by atoms with Crippen LogP contribution in [0.4, 0.5) is 4.39 Å². The topological polar surface area (TPSA) is 63.6 Å². The lowest BCUT2D eigenvalue weighted by molar-refractivity contribution is -0.145. The zero-order chi connectivity index (χ0) is 12.1. The Morgan fingerprint density at radius 3 is 2.38 bits per heavy atom. The van der Waals surface area contributed by atoms with Gasteiger partial charge in [-0.15, -0.1) is 0 Å². The van der Waals surface area contributed by atoms with Gasteiger partial charge in [-0.3, -0.25) is 4.79 Å². The van der Waals surface area contributed by atoms with Crippen LogP contribution in [-0.4, -0.2) is 29.5 Å². The number of carboxylic acids is 1. The molecule has 0 heterocycles. The second-order valence-electron chi connectivity index (χ2n) is 2.80. The molecule has 0 amide bonds. The van der Waals surface area contributed by atoms with Crippen LogP contribution < -0.4 is 4.74 Å². The van der Waals surface area contributed by atoms with E-state index in [-0.39, 0.29) is 0 Å². The molecule has 4 nitrogen and oxygen atoms in total. The average Bonchev–Trinajstić information content (AvgIpc) is 2.28. The molecule has 1 N–H and O–H groups in total. The summed E-state index contributed by atoms with van der Waals surface area (Å²) in [5.41, 5.74) is 0. The zero-order valence-electron chi connectivity index (χ0n) is 8.34. The van der Waals surface area contributed by atoms with Crippen LogP contribution in [0.5, 0.6) is 5.75 Å². The van der Waals surface area contributed by atoms with Gasteiger partial charge in [0.15, 0.2) is 0 Å². The molecule has 0 saturated carbocycles. The van der Waals surface area contributed by atoms with Crippen LogP contribution in [0.15, 0.2) is 29.2 Å². The van der Waals surface area contributed by atoms with Crippen LogP contribution in [0.3, 0.4) is 0 Å². The van der Waals surface area contributed by atoms with Gasteiger partial charge in [0.25, 0.3) is 6.17 Å². The molecule has 0 saturated heterocycles. The third-order valence-corrected chi connectivity index (χ3v) is 2.62. The minimum atomic E-state index is -2.49. The number of methoxy groups -OCH3 is 1. The predicted molar refractivity (Wildman–Crippen MR) is 56.4 cm³/mol. The number of rotatable bonds is 4. The van der Waals surface area contributed by atoms with Crippen molar-refractivity contribution < 1.29 is 23.8 Å². The first-order valence-electron chi connectivity index (χ1n) is 4.27. The van der Waals surface area contributed by atoms with Crippen LogP contribution in [0, 0.1) is 0 Å². The Labute approximate surface area is 95.4 Å². The monoisotopic (exact) mass is 244 g/mol. The summed E-state index contributed by atoms with van der Waals surface area (Å²) in [6.07, 6.45) is -2.49. The van der Waals surface area contributed by atoms with Gasteiger partial charge >= 0.3 is 5.97 Å². The maximum absolute atomic E-state index is 12.8. The van der Waals surface area contributed by atoms with Gasteiger partial charge in [0.2, 0.25) is 5.12 Å². The maximum atomic E-state index is 12.8. The highest BCUT2D eigenvalue weighted by molar-refractivity contribution is 8.13. The molecule has 0 radical (unpaired) electrons. The molecular formula is C10H9FO4S. The number of carboxylic acid groups (broad SMARTS) is 1. The fourth-order valence-electron chi connectivity index (χ4n) is 0.912. The quantitative estimate of drug-likeness (QED) is 0.645. The number of aliphatic carboxylic acids is 1. The molecule has 0 aliphatic carbocycles. The standard InChI is InChI=1S/C10H9FO4S/c1-15-6-2-4-7(5-3-6)16-10(14)8(11)9(12)13/h2-5,8H,1H3,(H,12,13). The van der Waals surface area contributed by atoms with Gasteiger partial charge in [-0.1, -0.05) is 0 Å². The second kappa shape index (κ2) is 5.50. The third kappa shape index (κ3) is 3.23. The van der Waals surface area contributed by atoms with Gasteiger partial charge in [0.05, 0.1) is 7.11 Å². The number of thioether (sulfide) groups is 1. The molecule has 1 rings (SSSR count). The molecule has 1 aromatic carbocycles. The number of hydrogen-bond donors (Lipinski definition) is 1. The zero-order valence-corrected chi connectivity index (χ0v) is 9.16. The Hall–Kier alpha value is -1.56. The van der Waals surface area contributed by atoms with E-state index < -0.39 is 17.3 Å². The molecule has 0 aliphatic rings. The normalized spacial score (nSPS) is 11.9. The van der Waals surface area contributed by atoms with Crippen molar-refractivity contribution in [2.75, 3.05) is 7.11 Å². The summed E-state index contributed by atoms with van der Waals surface area (Å²) < 4.78 is 17.7. The summed E-state index contributed by atoms with van der Waals surface area (Å²) in [5, 5.41) is 7.24. The summed E-state index contributed by atoms with van der Waals surface area (Å²) in [5.74, 6) is -1.17. The van der Waals surface area contributed by atoms with Crippen molar-refractivity contribution in [2.45, 2.75) is 11.1 Å². The van der Waals surface area contributed by atoms with E-state index in [9.17, 15) is 14.0 Å². The number of benzene rings is 1. The van der Waals surface area contributed by atoms with Crippen LogP contribution in [0.1, 0.15) is 0 Å². The van der Waals surface area contributed by atoms with Crippen molar-refractivity contribution in [3.05, 3.63) is 24.3 Å². The summed E-state index contributed by atoms with van der Waals surface area (Å²) >= 11 is 0.549. The van der Waals surface area contributed by atoms with Gasteiger partial charge in [-0.25, -0.2) is 9.18 Å². The molecule has 0 fully saturated rings. The van der Waals surface area contributed by atoms with Crippen molar-refractivity contribution in [1.29, 1.82) is 0 Å². The minimum Gasteiger partial charge on any atom is -0.497 e. The Morgan fingerprint density at radius 2 is 1.94 bits per heavy atom. The number of carbonyl (C=O) groups is 2. The van der Waals surface area contributed by atoms with Gasteiger partial charge in [0.1, 0.15) is 5.75 Å². The average molecular weight is 244 g/mol. The molecule has 0 aromatic heterocycles. The van der Waals surface area contributed by atoms with Crippen molar-refractivity contribution in [1.82, 2.24) is 0 Å². The van der Waals surface area contributed by atoms with E-state index in [4.69, 9.17) is 9.84 Å². The van der Waals surface area contributed by atoms with Crippen molar-refractivity contribution >= 4 is 22.8 Å². The first-order chi connectivity index (χ1) is 7.54. The third-order valence-electron chi connectivity index (χ3n) is 1.70. The number of hydrogen-bond acceptors (Lipinski definition) is 4. The van der Waals surface area contributed by atoms with E-state index in [1.807, 2.05) is 0 Å². The molecule has 1 atom stereocenters. The largest absolute Gasteiger partial charge is 0.497 e. The van der Waals surface area contributed by atoms with E-state index in [0.29, 0.717) is 22.4 Å². The van der Waals surface area contributed by atoms with Crippen LogP contribution >= 0.6 is 11.8 Å². The molecule has 0 bridgehead atoms. The highest BCUT2D eigenvalue weighted by atomic mass is 32.2. The van der Waals surface area contributed by atoms with Crippen LogP contribution in [0.25, 0.3) is 0 Å². The Morgan fingerprint density at radius 1 is 1.38 bits per heavy atom. The summed E-state index contributed by atoms with van der Waals surface area (Å²) in [4.78, 5) is 21.8. The number of halogens is 1. The maximum Gasteiger partial charge on any atom is 0.347 e. The fourth-order valence-corrected chi connectivity index (χ4v) is 1.62. The van der Waals surface area contributed by atoms with Gasteiger partial charge < -0.3 is 9.84 Å². The van der Waals surface area contributed by atoms with Crippen molar-refractivity contribution in [2.24, 2.45) is 0 Å². The molecule has 6 heteroatoms. The highest BCUT2D eigenvalue weighted by Crippen LogP contribution is 2.23. The number of alkyl halides is 1. The molecule has 86 valence electrons. The van der Waals surface area contributed by atoms with Crippen molar-refractivity contribution in [3.63, 3.8) is 0 Å². The first kappa shape index (κ1) is 12.5. The van der Waals surface area contributed by atoms with E-state index >= 15 is 0 Å². The highest BCUT2D eigenvalue weighted by Gasteiger charge is 2.26. The lowest BCUT2D eigenvalue weighted by atomic mass is 10.3. The van der Waals surface area contributed by atoms with Crippen LogP contribution in [0.2, 0.25) is 0 Å². The molecule has 1 unspecified atom stereocenters. The number of ether oxygens (including phenoxy) is 1. The first-order valence-corrected chi connectivity index (χ1v) is 5.09. The van der Waals surface area contributed by atoms with Gasteiger partial charge in [-0.2, -0.15) is 0 Å². The van der Waals surface area contributed by atoms with Gasteiger partial charge in [0, 0.05) is 4.90 Å². The molecular weight excluding hydrogens is 235 g/mol.